The standard InChI is InChI=1S/C13H12N4O2/c1-8(2)12-11(7-14)15-16-17(12)10-5-3-4-9(6-10)13(18)19/h3-6,8H,1-2H3,(H,18,19). The summed E-state index contributed by atoms with van der Waals surface area (Å²) in [5, 5.41) is 25.7. The lowest BCUT2D eigenvalue weighted by Crippen LogP contribution is -2.06. The van der Waals surface area contributed by atoms with Crippen molar-refractivity contribution in [3.8, 4) is 11.8 Å². The number of carbonyl (C=O) groups is 1. The van der Waals surface area contributed by atoms with Crippen LogP contribution in [-0.2, 0) is 0 Å². The number of carboxylic acid groups (broad SMARTS) is 1. The van der Waals surface area contributed by atoms with Gasteiger partial charge in [0, 0.05) is 0 Å². The van der Waals surface area contributed by atoms with Gasteiger partial charge in [-0.05, 0) is 24.1 Å². The molecule has 1 aromatic heterocycles. The van der Waals surface area contributed by atoms with Crippen molar-refractivity contribution >= 4 is 5.97 Å². The summed E-state index contributed by atoms with van der Waals surface area (Å²) in [6.45, 7) is 3.86. The van der Waals surface area contributed by atoms with E-state index in [1.807, 2.05) is 19.9 Å². The minimum Gasteiger partial charge on any atom is -0.478 e. The molecule has 2 aromatic rings. The third-order valence-corrected chi connectivity index (χ3v) is 2.70. The van der Waals surface area contributed by atoms with Crippen molar-refractivity contribution < 1.29 is 9.90 Å². The minimum atomic E-state index is -1.01. The Kier molecular flexibility index (Phi) is 3.29. The van der Waals surface area contributed by atoms with E-state index in [9.17, 15) is 4.79 Å². The fraction of sp³-hybridized carbons (Fsp3) is 0.231. The number of carboxylic acids is 1. The number of nitrogens with zero attached hydrogens (tertiary/aromatic N) is 4. The summed E-state index contributed by atoms with van der Waals surface area (Å²) in [5.74, 6) is -0.952. The Balaban J connectivity index is 2.60. The Morgan fingerprint density at radius 2 is 2.21 bits per heavy atom. The summed E-state index contributed by atoms with van der Waals surface area (Å²) in [6.07, 6.45) is 0. The SMILES string of the molecule is CC(C)c1c(C#N)nnn1-c1cccc(C(=O)O)c1. The number of aromatic nitrogens is 3. The van der Waals surface area contributed by atoms with Crippen LogP contribution in [0.1, 0.15) is 41.5 Å². The average Bonchev–Trinajstić information content (AvgIpc) is 2.82. The molecule has 0 saturated heterocycles. The van der Waals surface area contributed by atoms with E-state index in [0.29, 0.717) is 11.4 Å². The number of rotatable bonds is 3. The zero-order valence-corrected chi connectivity index (χ0v) is 10.5. The highest BCUT2D eigenvalue weighted by atomic mass is 16.4. The fourth-order valence-electron chi connectivity index (χ4n) is 1.85. The van der Waals surface area contributed by atoms with Crippen LogP contribution in [0.25, 0.3) is 5.69 Å². The number of benzene rings is 1. The van der Waals surface area contributed by atoms with Crippen LogP contribution >= 0.6 is 0 Å². The van der Waals surface area contributed by atoms with Crippen LogP contribution in [0.5, 0.6) is 0 Å². The van der Waals surface area contributed by atoms with Crippen molar-refractivity contribution in [3.63, 3.8) is 0 Å². The first kappa shape index (κ1) is 12.8. The monoisotopic (exact) mass is 256 g/mol. The summed E-state index contributed by atoms with van der Waals surface area (Å²) in [4.78, 5) is 11.0. The fourth-order valence-corrected chi connectivity index (χ4v) is 1.85. The molecule has 1 aromatic carbocycles. The molecule has 0 amide bonds. The van der Waals surface area contributed by atoms with E-state index in [1.54, 1.807) is 12.1 Å². The molecule has 0 atom stereocenters. The lowest BCUT2D eigenvalue weighted by Gasteiger charge is -2.09. The number of hydrogen-bond acceptors (Lipinski definition) is 4. The Morgan fingerprint density at radius 3 is 2.79 bits per heavy atom. The van der Waals surface area contributed by atoms with Gasteiger partial charge in [-0.3, -0.25) is 0 Å². The molecule has 0 aliphatic carbocycles. The normalized spacial score (nSPS) is 10.4. The molecular weight excluding hydrogens is 244 g/mol. The highest BCUT2D eigenvalue weighted by Crippen LogP contribution is 2.21. The van der Waals surface area contributed by atoms with Gasteiger partial charge in [0.25, 0.3) is 0 Å². The van der Waals surface area contributed by atoms with E-state index in [1.165, 1.54) is 16.8 Å². The van der Waals surface area contributed by atoms with Crippen LogP contribution < -0.4 is 0 Å². The van der Waals surface area contributed by atoms with Gasteiger partial charge in [-0.25, -0.2) is 9.48 Å². The second kappa shape index (κ2) is 4.90. The molecule has 0 unspecified atom stereocenters. The second-order valence-electron chi connectivity index (χ2n) is 4.36. The van der Waals surface area contributed by atoms with Gasteiger partial charge < -0.3 is 5.11 Å². The van der Waals surface area contributed by atoms with Gasteiger partial charge in [0.1, 0.15) is 6.07 Å². The maximum absolute atomic E-state index is 11.0. The van der Waals surface area contributed by atoms with Crippen LogP contribution in [0.2, 0.25) is 0 Å². The number of aromatic carboxylic acids is 1. The van der Waals surface area contributed by atoms with Gasteiger partial charge in [0.05, 0.1) is 16.9 Å². The average molecular weight is 256 g/mol. The Labute approximate surface area is 109 Å². The summed E-state index contributed by atoms with van der Waals surface area (Å²) >= 11 is 0. The lowest BCUT2D eigenvalue weighted by molar-refractivity contribution is 0.0697. The zero-order chi connectivity index (χ0) is 14.0. The van der Waals surface area contributed by atoms with Crippen LogP contribution in [0.15, 0.2) is 24.3 Å². The predicted octanol–water partition coefficient (Wildman–Crippen LogP) is 1.96. The van der Waals surface area contributed by atoms with Gasteiger partial charge >= 0.3 is 5.97 Å². The molecule has 0 aliphatic rings. The molecule has 0 spiro atoms. The van der Waals surface area contributed by atoms with E-state index >= 15 is 0 Å². The van der Waals surface area contributed by atoms with Gasteiger partial charge in [-0.1, -0.05) is 25.1 Å². The van der Waals surface area contributed by atoms with E-state index in [4.69, 9.17) is 10.4 Å². The van der Waals surface area contributed by atoms with Crippen molar-refractivity contribution in [3.05, 3.63) is 41.2 Å². The third-order valence-electron chi connectivity index (χ3n) is 2.70. The quantitative estimate of drug-likeness (QED) is 0.906. The van der Waals surface area contributed by atoms with Crippen molar-refractivity contribution in [2.75, 3.05) is 0 Å². The summed E-state index contributed by atoms with van der Waals surface area (Å²) in [7, 11) is 0. The highest BCUT2D eigenvalue weighted by molar-refractivity contribution is 5.88. The second-order valence-corrected chi connectivity index (χ2v) is 4.36. The van der Waals surface area contributed by atoms with Crippen molar-refractivity contribution in [2.45, 2.75) is 19.8 Å². The first-order chi connectivity index (χ1) is 9.04. The number of nitriles is 1. The molecule has 0 radical (unpaired) electrons. The van der Waals surface area contributed by atoms with E-state index in [0.717, 1.165) is 0 Å². The van der Waals surface area contributed by atoms with Gasteiger partial charge in [0.2, 0.25) is 0 Å². The Morgan fingerprint density at radius 1 is 1.47 bits per heavy atom. The zero-order valence-electron chi connectivity index (χ0n) is 10.5. The maximum Gasteiger partial charge on any atom is 0.335 e. The third kappa shape index (κ3) is 2.31. The summed E-state index contributed by atoms with van der Waals surface area (Å²) in [6, 6.07) is 8.37. The molecule has 0 fully saturated rings. The molecule has 0 aliphatic heterocycles. The molecule has 2 rings (SSSR count). The smallest absolute Gasteiger partial charge is 0.335 e. The molecule has 6 nitrogen and oxygen atoms in total. The van der Waals surface area contributed by atoms with Gasteiger partial charge in [-0.15, -0.1) is 5.10 Å². The minimum absolute atomic E-state index is 0.0538. The molecule has 19 heavy (non-hydrogen) atoms. The topological polar surface area (TPSA) is 91.8 Å². The molecule has 0 bridgehead atoms. The Bertz CT molecular complexity index is 668. The summed E-state index contributed by atoms with van der Waals surface area (Å²) < 4.78 is 1.51. The molecule has 96 valence electrons. The van der Waals surface area contributed by atoms with E-state index in [2.05, 4.69) is 10.3 Å². The largest absolute Gasteiger partial charge is 0.478 e. The summed E-state index contributed by atoms with van der Waals surface area (Å²) in [5.41, 5.74) is 1.68. The maximum atomic E-state index is 11.0. The van der Waals surface area contributed by atoms with Crippen LogP contribution in [-0.4, -0.2) is 26.1 Å². The van der Waals surface area contributed by atoms with Crippen molar-refractivity contribution in [1.82, 2.24) is 15.0 Å². The molecule has 1 N–H and O–H groups in total. The first-order valence-electron chi connectivity index (χ1n) is 5.74. The predicted molar refractivity (Wildman–Crippen MR) is 67.1 cm³/mol. The van der Waals surface area contributed by atoms with E-state index < -0.39 is 5.97 Å². The molecule has 1 heterocycles. The molecular formula is C13H12N4O2. The van der Waals surface area contributed by atoms with Crippen LogP contribution in [0.3, 0.4) is 0 Å². The molecule has 0 saturated carbocycles. The molecule has 6 heteroatoms. The van der Waals surface area contributed by atoms with Crippen LogP contribution in [0.4, 0.5) is 0 Å². The van der Waals surface area contributed by atoms with Crippen molar-refractivity contribution in [1.29, 1.82) is 5.26 Å². The van der Waals surface area contributed by atoms with Crippen molar-refractivity contribution in [2.24, 2.45) is 0 Å². The van der Waals surface area contributed by atoms with Gasteiger partial charge in [-0.2, -0.15) is 5.26 Å². The van der Waals surface area contributed by atoms with E-state index in [-0.39, 0.29) is 17.2 Å². The first-order valence-corrected chi connectivity index (χ1v) is 5.74. The van der Waals surface area contributed by atoms with Crippen LogP contribution in [0, 0.1) is 11.3 Å². The Hall–Kier alpha value is -2.68. The highest BCUT2D eigenvalue weighted by Gasteiger charge is 2.17. The number of hydrogen-bond donors (Lipinski definition) is 1. The van der Waals surface area contributed by atoms with Gasteiger partial charge in [0.15, 0.2) is 5.69 Å². The lowest BCUT2D eigenvalue weighted by atomic mass is 10.1.